The smallest absolute Gasteiger partial charge is 0.227 e. The molecule has 0 saturated carbocycles. The summed E-state index contributed by atoms with van der Waals surface area (Å²) < 4.78 is 0. The average Bonchev–Trinajstić information content (AvgIpc) is 2.71. The molecule has 0 bridgehead atoms. The van der Waals surface area contributed by atoms with Crippen molar-refractivity contribution < 1.29 is 4.79 Å². The number of thiophene rings is 1. The minimum atomic E-state index is 0.258. The van der Waals surface area contributed by atoms with E-state index in [0.29, 0.717) is 6.42 Å². The summed E-state index contributed by atoms with van der Waals surface area (Å²) >= 11 is 1.66. The van der Waals surface area contributed by atoms with Crippen molar-refractivity contribution >= 4 is 17.2 Å². The van der Waals surface area contributed by atoms with Gasteiger partial charge >= 0.3 is 0 Å². The first-order valence-electron chi connectivity index (χ1n) is 5.58. The number of hydrogen-bond acceptors (Lipinski definition) is 2. The average molecular weight is 225 g/mol. The highest BCUT2D eigenvalue weighted by Crippen LogP contribution is 2.10. The van der Waals surface area contributed by atoms with Crippen LogP contribution in [0, 0.1) is 0 Å². The molecule has 84 valence electrons. The molecular weight excluding hydrogens is 206 g/mol. The maximum Gasteiger partial charge on any atom is 0.227 e. The van der Waals surface area contributed by atoms with Crippen LogP contribution < -0.4 is 0 Å². The summed E-state index contributed by atoms with van der Waals surface area (Å²) in [5, 5.41) is 2.02. The van der Waals surface area contributed by atoms with Crippen molar-refractivity contribution in [1.82, 2.24) is 4.90 Å². The Balaban J connectivity index is 2.43. The third-order valence-electron chi connectivity index (χ3n) is 2.42. The number of unbranched alkanes of at least 4 members (excludes halogenated alkanes) is 1. The van der Waals surface area contributed by atoms with Crippen molar-refractivity contribution in [2.75, 3.05) is 13.1 Å². The summed E-state index contributed by atoms with van der Waals surface area (Å²) in [6.07, 6.45) is 2.81. The summed E-state index contributed by atoms with van der Waals surface area (Å²) in [7, 11) is 0. The van der Waals surface area contributed by atoms with Crippen molar-refractivity contribution in [2.24, 2.45) is 0 Å². The fraction of sp³-hybridized carbons (Fsp3) is 0.583. The van der Waals surface area contributed by atoms with Crippen molar-refractivity contribution in [3.63, 3.8) is 0 Å². The van der Waals surface area contributed by atoms with Crippen molar-refractivity contribution in [1.29, 1.82) is 0 Å². The van der Waals surface area contributed by atoms with Gasteiger partial charge in [-0.2, -0.15) is 0 Å². The molecule has 1 rings (SSSR count). The molecule has 3 heteroatoms. The molecule has 0 fully saturated rings. The minimum Gasteiger partial charge on any atom is -0.343 e. The van der Waals surface area contributed by atoms with E-state index in [1.54, 1.807) is 11.3 Å². The summed E-state index contributed by atoms with van der Waals surface area (Å²) in [6.45, 7) is 5.92. The maximum atomic E-state index is 11.9. The lowest BCUT2D eigenvalue weighted by Gasteiger charge is -2.20. The van der Waals surface area contributed by atoms with Gasteiger partial charge < -0.3 is 4.90 Å². The Labute approximate surface area is 95.9 Å². The van der Waals surface area contributed by atoms with E-state index in [4.69, 9.17) is 0 Å². The van der Waals surface area contributed by atoms with E-state index in [2.05, 4.69) is 6.92 Å². The number of hydrogen-bond donors (Lipinski definition) is 0. The highest BCUT2D eigenvalue weighted by molar-refractivity contribution is 7.10. The normalized spacial score (nSPS) is 10.3. The van der Waals surface area contributed by atoms with E-state index in [1.807, 2.05) is 29.3 Å². The molecule has 0 saturated heterocycles. The third kappa shape index (κ3) is 4.04. The predicted octanol–water partition coefficient (Wildman–Crippen LogP) is 2.94. The third-order valence-corrected chi connectivity index (χ3v) is 3.30. The highest BCUT2D eigenvalue weighted by Gasteiger charge is 2.11. The predicted molar refractivity (Wildman–Crippen MR) is 65.2 cm³/mol. The topological polar surface area (TPSA) is 20.3 Å². The van der Waals surface area contributed by atoms with Crippen LogP contribution in [0.5, 0.6) is 0 Å². The van der Waals surface area contributed by atoms with Crippen molar-refractivity contribution in [2.45, 2.75) is 33.1 Å². The van der Waals surface area contributed by atoms with Crippen LogP contribution in [0.4, 0.5) is 0 Å². The lowest BCUT2D eigenvalue weighted by molar-refractivity contribution is -0.130. The zero-order valence-electron chi connectivity index (χ0n) is 9.53. The molecule has 0 aromatic carbocycles. The van der Waals surface area contributed by atoms with Crippen LogP contribution in [0.3, 0.4) is 0 Å². The number of amides is 1. The number of nitrogens with zero attached hydrogens (tertiary/aromatic N) is 1. The Hall–Kier alpha value is -0.830. The standard InChI is InChI=1S/C12H19NOS/c1-3-5-8-13(4-2)12(14)10-11-7-6-9-15-11/h6-7,9H,3-5,8,10H2,1-2H3. The van der Waals surface area contributed by atoms with Crippen LogP contribution >= 0.6 is 11.3 Å². The number of carbonyl (C=O) groups is 1. The van der Waals surface area contributed by atoms with E-state index in [-0.39, 0.29) is 5.91 Å². The van der Waals surface area contributed by atoms with Gasteiger partial charge in [0, 0.05) is 18.0 Å². The number of rotatable bonds is 6. The second-order valence-corrected chi connectivity index (χ2v) is 4.62. The quantitative estimate of drug-likeness (QED) is 0.729. The first-order valence-corrected chi connectivity index (χ1v) is 6.46. The number of likely N-dealkylation sites (N-methyl/N-ethyl adjacent to an activating group) is 1. The molecule has 1 heterocycles. The summed E-state index contributed by atoms with van der Waals surface area (Å²) in [5.74, 6) is 0.258. The monoisotopic (exact) mass is 225 g/mol. The molecule has 0 atom stereocenters. The van der Waals surface area contributed by atoms with Crippen LogP contribution in [0.25, 0.3) is 0 Å². The van der Waals surface area contributed by atoms with Gasteiger partial charge in [0.1, 0.15) is 0 Å². The van der Waals surface area contributed by atoms with Gasteiger partial charge in [-0.05, 0) is 24.8 Å². The molecule has 1 amide bonds. The first-order chi connectivity index (χ1) is 7.27. The fourth-order valence-corrected chi connectivity index (χ4v) is 2.18. The van der Waals surface area contributed by atoms with Gasteiger partial charge in [-0.15, -0.1) is 11.3 Å². The Bertz CT molecular complexity index is 282. The van der Waals surface area contributed by atoms with Gasteiger partial charge in [0.15, 0.2) is 0 Å². The van der Waals surface area contributed by atoms with Gasteiger partial charge in [-0.3, -0.25) is 4.79 Å². The molecule has 0 radical (unpaired) electrons. The molecule has 2 nitrogen and oxygen atoms in total. The Morgan fingerprint density at radius 3 is 2.80 bits per heavy atom. The zero-order chi connectivity index (χ0) is 11.1. The zero-order valence-corrected chi connectivity index (χ0v) is 10.3. The summed E-state index contributed by atoms with van der Waals surface area (Å²) in [6, 6.07) is 4.02. The van der Waals surface area contributed by atoms with E-state index < -0.39 is 0 Å². The molecular formula is C12H19NOS. The van der Waals surface area contributed by atoms with E-state index in [0.717, 1.165) is 30.8 Å². The van der Waals surface area contributed by atoms with E-state index in [9.17, 15) is 4.79 Å². The fourth-order valence-electron chi connectivity index (χ4n) is 1.48. The molecule has 0 aliphatic heterocycles. The van der Waals surface area contributed by atoms with Crippen LogP contribution in [0.2, 0.25) is 0 Å². The van der Waals surface area contributed by atoms with Crippen molar-refractivity contribution in [3.8, 4) is 0 Å². The van der Waals surface area contributed by atoms with Crippen LogP contribution in [-0.4, -0.2) is 23.9 Å². The maximum absolute atomic E-state index is 11.9. The molecule has 15 heavy (non-hydrogen) atoms. The van der Waals surface area contributed by atoms with Gasteiger partial charge in [0.05, 0.1) is 6.42 Å². The second-order valence-electron chi connectivity index (χ2n) is 3.58. The lowest BCUT2D eigenvalue weighted by Crippen LogP contribution is -2.32. The minimum absolute atomic E-state index is 0.258. The number of carbonyl (C=O) groups excluding carboxylic acids is 1. The van der Waals surface area contributed by atoms with Gasteiger partial charge in [0.2, 0.25) is 5.91 Å². The molecule has 0 spiro atoms. The molecule has 0 aliphatic rings. The molecule has 1 aromatic rings. The van der Waals surface area contributed by atoms with Crippen LogP contribution in [0.15, 0.2) is 17.5 Å². The Morgan fingerprint density at radius 2 is 2.27 bits per heavy atom. The molecule has 0 aliphatic carbocycles. The Morgan fingerprint density at radius 1 is 1.47 bits per heavy atom. The largest absolute Gasteiger partial charge is 0.343 e. The van der Waals surface area contributed by atoms with Crippen LogP contribution in [0.1, 0.15) is 31.6 Å². The first kappa shape index (κ1) is 12.2. The lowest BCUT2D eigenvalue weighted by atomic mass is 10.2. The van der Waals surface area contributed by atoms with E-state index >= 15 is 0 Å². The molecule has 0 N–H and O–H groups in total. The van der Waals surface area contributed by atoms with Crippen molar-refractivity contribution in [3.05, 3.63) is 22.4 Å². The van der Waals surface area contributed by atoms with E-state index in [1.165, 1.54) is 0 Å². The highest BCUT2D eigenvalue weighted by atomic mass is 32.1. The van der Waals surface area contributed by atoms with Crippen LogP contribution in [-0.2, 0) is 11.2 Å². The Kier molecular flexibility index (Phi) is 5.40. The molecule has 1 aromatic heterocycles. The van der Waals surface area contributed by atoms with Gasteiger partial charge in [-0.1, -0.05) is 19.4 Å². The second kappa shape index (κ2) is 6.62. The summed E-state index contributed by atoms with van der Waals surface area (Å²) in [4.78, 5) is 15.0. The summed E-state index contributed by atoms with van der Waals surface area (Å²) in [5.41, 5.74) is 0. The van der Waals surface area contributed by atoms with Gasteiger partial charge in [0.25, 0.3) is 0 Å². The SMILES string of the molecule is CCCCN(CC)C(=O)Cc1cccs1. The van der Waals surface area contributed by atoms with Gasteiger partial charge in [-0.25, -0.2) is 0 Å². The molecule has 0 unspecified atom stereocenters.